The number of hydrogen-bond acceptors (Lipinski definition) is 4. The molecule has 1 heterocycles. The van der Waals surface area contributed by atoms with Gasteiger partial charge in [0.15, 0.2) is 0 Å². The monoisotopic (exact) mass is 205 g/mol. The molecule has 1 unspecified atom stereocenters. The van der Waals surface area contributed by atoms with E-state index in [2.05, 4.69) is 5.10 Å². The summed E-state index contributed by atoms with van der Waals surface area (Å²) < 4.78 is 22.9. The third-order valence-corrected chi connectivity index (χ3v) is 2.26. The van der Waals surface area contributed by atoms with Crippen LogP contribution in [0.25, 0.3) is 0 Å². The fourth-order valence-corrected chi connectivity index (χ4v) is 1.32. The van der Waals surface area contributed by atoms with Gasteiger partial charge in [0.1, 0.15) is 4.90 Å². The Kier molecular flexibility index (Phi) is 2.69. The minimum atomic E-state index is -3.68. The molecule has 0 aliphatic carbocycles. The fraction of sp³-hybridized carbons (Fsp3) is 0.500. The highest BCUT2D eigenvalue weighted by Gasteiger charge is 2.10. The average Bonchev–Trinajstić information content (AvgIpc) is 2.32. The molecule has 6 nitrogen and oxygen atoms in total. The van der Waals surface area contributed by atoms with Crippen LogP contribution in [0.15, 0.2) is 17.3 Å². The number of hydrogen-bond donors (Lipinski definition) is 2. The predicted molar refractivity (Wildman–Crippen MR) is 45.3 cm³/mol. The molecule has 0 aliphatic rings. The maximum absolute atomic E-state index is 10.8. The summed E-state index contributed by atoms with van der Waals surface area (Å²) in [7, 11) is -3.68. The lowest BCUT2D eigenvalue weighted by Crippen LogP contribution is -2.13. The number of aromatic nitrogens is 2. The first-order valence-electron chi connectivity index (χ1n) is 3.63. The summed E-state index contributed by atoms with van der Waals surface area (Å²) in [5.41, 5.74) is 0. The van der Waals surface area contributed by atoms with E-state index in [9.17, 15) is 8.42 Å². The van der Waals surface area contributed by atoms with Crippen LogP contribution in [0.1, 0.15) is 6.92 Å². The highest BCUT2D eigenvalue weighted by atomic mass is 32.2. The number of nitrogens with two attached hydrogens (primary N) is 1. The smallest absolute Gasteiger partial charge is 0.241 e. The van der Waals surface area contributed by atoms with Gasteiger partial charge in [0.25, 0.3) is 0 Å². The molecule has 0 saturated carbocycles. The van der Waals surface area contributed by atoms with Crippen molar-refractivity contribution < 1.29 is 13.5 Å². The average molecular weight is 205 g/mol. The van der Waals surface area contributed by atoms with Crippen molar-refractivity contribution in [3.8, 4) is 0 Å². The van der Waals surface area contributed by atoms with E-state index in [0.717, 1.165) is 6.20 Å². The quantitative estimate of drug-likeness (QED) is 0.655. The molecule has 1 rings (SSSR count). The minimum absolute atomic E-state index is 0.0480. The molecule has 1 aromatic heterocycles. The first-order valence-corrected chi connectivity index (χ1v) is 5.17. The number of primary sulfonamides is 1. The van der Waals surface area contributed by atoms with Crippen LogP contribution in [0.4, 0.5) is 0 Å². The van der Waals surface area contributed by atoms with Crippen LogP contribution in [0.3, 0.4) is 0 Å². The first kappa shape index (κ1) is 10.2. The zero-order valence-electron chi connectivity index (χ0n) is 7.08. The van der Waals surface area contributed by atoms with Crippen LogP contribution in [0, 0.1) is 0 Å². The van der Waals surface area contributed by atoms with E-state index in [1.165, 1.54) is 10.9 Å². The molecule has 13 heavy (non-hydrogen) atoms. The fourth-order valence-electron chi connectivity index (χ4n) is 0.862. The lowest BCUT2D eigenvalue weighted by Gasteiger charge is -2.02. The number of aliphatic hydroxyl groups excluding tert-OH is 1. The van der Waals surface area contributed by atoms with Gasteiger partial charge in [-0.2, -0.15) is 5.10 Å². The predicted octanol–water partition coefficient (Wildman–Crippen LogP) is -1.09. The highest BCUT2D eigenvalue weighted by Crippen LogP contribution is 2.04. The SMILES string of the molecule is CC(O)Cn1cc(S(N)(=O)=O)cn1. The van der Waals surface area contributed by atoms with E-state index >= 15 is 0 Å². The van der Waals surface area contributed by atoms with Crippen molar-refractivity contribution in [3.05, 3.63) is 12.4 Å². The van der Waals surface area contributed by atoms with Crippen molar-refractivity contribution >= 4 is 10.0 Å². The van der Waals surface area contributed by atoms with E-state index in [-0.39, 0.29) is 11.4 Å². The largest absolute Gasteiger partial charge is 0.391 e. The molecule has 1 aromatic rings. The van der Waals surface area contributed by atoms with Crippen molar-refractivity contribution in [1.82, 2.24) is 9.78 Å². The van der Waals surface area contributed by atoms with Gasteiger partial charge >= 0.3 is 0 Å². The molecule has 0 radical (unpaired) electrons. The molecule has 0 spiro atoms. The normalized spacial score (nSPS) is 14.4. The summed E-state index contributed by atoms with van der Waals surface area (Å²) in [5.74, 6) is 0. The lowest BCUT2D eigenvalue weighted by molar-refractivity contribution is 0.168. The van der Waals surface area contributed by atoms with Gasteiger partial charge in [0.2, 0.25) is 10.0 Å². The molecular formula is C6H11N3O3S. The summed E-state index contributed by atoms with van der Waals surface area (Å²) in [6.45, 7) is 1.83. The Labute approximate surface area is 76.0 Å². The van der Waals surface area contributed by atoms with Gasteiger partial charge in [-0.3, -0.25) is 4.68 Å². The third-order valence-electron chi connectivity index (χ3n) is 1.39. The third kappa shape index (κ3) is 2.79. The van der Waals surface area contributed by atoms with E-state index in [1.54, 1.807) is 6.92 Å². The molecule has 0 amide bonds. The molecule has 0 aromatic carbocycles. The van der Waals surface area contributed by atoms with Crippen LogP contribution >= 0.6 is 0 Å². The Balaban J connectivity index is 2.88. The second-order valence-corrected chi connectivity index (χ2v) is 4.35. The number of aliphatic hydroxyl groups is 1. The summed E-state index contributed by atoms with van der Waals surface area (Å²) >= 11 is 0. The minimum Gasteiger partial charge on any atom is -0.391 e. The maximum Gasteiger partial charge on any atom is 0.241 e. The second-order valence-electron chi connectivity index (χ2n) is 2.79. The molecule has 0 saturated heterocycles. The molecular weight excluding hydrogens is 194 g/mol. The van der Waals surface area contributed by atoms with Crippen molar-refractivity contribution in [1.29, 1.82) is 0 Å². The second kappa shape index (κ2) is 3.44. The molecule has 74 valence electrons. The zero-order chi connectivity index (χ0) is 10.1. The van der Waals surface area contributed by atoms with E-state index in [0.29, 0.717) is 0 Å². The standard InChI is InChI=1S/C6H11N3O3S/c1-5(10)3-9-4-6(2-8-9)13(7,11)12/h2,4-5,10H,3H2,1H3,(H2,7,11,12). The summed E-state index contributed by atoms with van der Waals surface area (Å²) in [6.07, 6.45) is 1.85. The van der Waals surface area contributed by atoms with Crippen LogP contribution in [-0.4, -0.2) is 29.4 Å². The van der Waals surface area contributed by atoms with Crippen LogP contribution < -0.4 is 5.14 Å². The molecule has 0 bridgehead atoms. The van der Waals surface area contributed by atoms with Crippen molar-refractivity contribution in [3.63, 3.8) is 0 Å². The number of rotatable bonds is 3. The summed E-state index contributed by atoms with van der Waals surface area (Å²) in [6, 6.07) is 0. The molecule has 0 aliphatic heterocycles. The Morgan fingerprint density at radius 3 is 2.77 bits per heavy atom. The van der Waals surface area contributed by atoms with Gasteiger partial charge in [-0.15, -0.1) is 0 Å². The van der Waals surface area contributed by atoms with Crippen LogP contribution in [0.5, 0.6) is 0 Å². The topological polar surface area (TPSA) is 98.2 Å². The van der Waals surface area contributed by atoms with Crippen LogP contribution in [-0.2, 0) is 16.6 Å². The van der Waals surface area contributed by atoms with Crippen LogP contribution in [0.2, 0.25) is 0 Å². The van der Waals surface area contributed by atoms with Gasteiger partial charge < -0.3 is 5.11 Å². The number of nitrogens with zero attached hydrogens (tertiary/aromatic N) is 2. The van der Waals surface area contributed by atoms with Gasteiger partial charge in [0.05, 0.1) is 18.8 Å². The van der Waals surface area contributed by atoms with Gasteiger partial charge in [-0.1, -0.05) is 0 Å². The molecule has 0 fully saturated rings. The Hall–Kier alpha value is -0.920. The summed E-state index contributed by atoms with van der Waals surface area (Å²) in [5, 5.41) is 17.6. The van der Waals surface area contributed by atoms with Gasteiger partial charge in [0, 0.05) is 6.20 Å². The van der Waals surface area contributed by atoms with Crippen molar-refractivity contribution in [2.75, 3.05) is 0 Å². The Morgan fingerprint density at radius 1 is 1.77 bits per heavy atom. The summed E-state index contributed by atoms with van der Waals surface area (Å²) in [4.78, 5) is -0.0480. The van der Waals surface area contributed by atoms with E-state index < -0.39 is 16.1 Å². The first-order chi connectivity index (χ1) is 5.89. The van der Waals surface area contributed by atoms with Crippen molar-refractivity contribution in [2.24, 2.45) is 5.14 Å². The molecule has 7 heteroatoms. The van der Waals surface area contributed by atoms with E-state index in [4.69, 9.17) is 10.2 Å². The van der Waals surface area contributed by atoms with Crippen molar-refractivity contribution in [2.45, 2.75) is 24.5 Å². The Bertz CT molecular complexity index is 382. The lowest BCUT2D eigenvalue weighted by atomic mass is 10.4. The number of sulfonamides is 1. The molecule has 1 atom stereocenters. The maximum atomic E-state index is 10.8. The van der Waals surface area contributed by atoms with Gasteiger partial charge in [-0.05, 0) is 6.92 Å². The Morgan fingerprint density at radius 2 is 2.38 bits per heavy atom. The van der Waals surface area contributed by atoms with Gasteiger partial charge in [-0.25, -0.2) is 13.6 Å². The highest BCUT2D eigenvalue weighted by molar-refractivity contribution is 7.89. The van der Waals surface area contributed by atoms with E-state index in [1.807, 2.05) is 0 Å². The zero-order valence-corrected chi connectivity index (χ0v) is 7.90. The molecule has 3 N–H and O–H groups in total.